The lowest BCUT2D eigenvalue weighted by molar-refractivity contribution is 0.0857. The predicted molar refractivity (Wildman–Crippen MR) is 124 cm³/mol. The second kappa shape index (κ2) is 12.0. The lowest BCUT2D eigenvalue weighted by Crippen LogP contribution is -2.31. The van der Waals surface area contributed by atoms with Crippen molar-refractivity contribution in [3.63, 3.8) is 0 Å². The van der Waals surface area contributed by atoms with Gasteiger partial charge in [-0.05, 0) is 44.4 Å². The van der Waals surface area contributed by atoms with E-state index < -0.39 is 0 Å². The summed E-state index contributed by atoms with van der Waals surface area (Å²) in [7, 11) is 1.67. The number of anilines is 1. The van der Waals surface area contributed by atoms with Gasteiger partial charge in [0.1, 0.15) is 5.82 Å². The molecule has 1 fully saturated rings. The number of methoxy groups -OCH3 is 1. The van der Waals surface area contributed by atoms with Gasteiger partial charge >= 0.3 is 0 Å². The number of carbonyl (C=O) groups excluding carboxylic acids is 1. The van der Waals surface area contributed by atoms with E-state index in [9.17, 15) is 4.79 Å². The minimum Gasteiger partial charge on any atom is -0.378 e. The summed E-state index contributed by atoms with van der Waals surface area (Å²) in [6.07, 6.45) is 2.21. The lowest BCUT2D eigenvalue weighted by Gasteiger charge is -2.20. The smallest absolute Gasteiger partial charge is 0.251 e. The van der Waals surface area contributed by atoms with E-state index in [0.29, 0.717) is 29.6 Å². The van der Waals surface area contributed by atoms with Gasteiger partial charge in [-0.2, -0.15) is 0 Å². The van der Waals surface area contributed by atoms with E-state index >= 15 is 0 Å². The minimum atomic E-state index is -0.0653. The molecule has 7 nitrogen and oxygen atoms in total. The van der Waals surface area contributed by atoms with Crippen LogP contribution in [0.1, 0.15) is 48.3 Å². The van der Waals surface area contributed by atoms with E-state index in [2.05, 4.69) is 29.0 Å². The molecule has 2 aromatic rings. The molecule has 168 valence electrons. The Hall–Kier alpha value is -2.16. The van der Waals surface area contributed by atoms with Gasteiger partial charge in [0.2, 0.25) is 0 Å². The normalized spacial score (nSPS) is 15.8. The molecule has 0 bridgehead atoms. The molecule has 8 heteroatoms. The van der Waals surface area contributed by atoms with Crippen molar-refractivity contribution in [3.8, 4) is 0 Å². The SMILES string of the molecule is CCN(CC)c1cc(COC)nc(SCc2cccc(C(=O)NC[C@@H]3CCCO3)c2)n1. The Balaban J connectivity index is 1.64. The van der Waals surface area contributed by atoms with Crippen LogP contribution in [-0.4, -0.2) is 55.3 Å². The third kappa shape index (κ3) is 6.92. The van der Waals surface area contributed by atoms with E-state index in [1.165, 1.54) is 0 Å². The molecule has 31 heavy (non-hydrogen) atoms. The monoisotopic (exact) mass is 444 g/mol. The number of benzene rings is 1. The van der Waals surface area contributed by atoms with Crippen LogP contribution in [-0.2, 0) is 21.8 Å². The number of aromatic nitrogens is 2. The first-order valence-electron chi connectivity index (χ1n) is 10.9. The van der Waals surface area contributed by atoms with Crippen molar-refractivity contribution in [3.05, 3.63) is 47.2 Å². The second-order valence-corrected chi connectivity index (χ2v) is 8.38. The molecular formula is C23H32N4O3S. The first kappa shape index (κ1) is 23.5. The highest BCUT2D eigenvalue weighted by atomic mass is 32.2. The van der Waals surface area contributed by atoms with E-state index in [1.54, 1.807) is 18.9 Å². The van der Waals surface area contributed by atoms with Gasteiger partial charge in [0.25, 0.3) is 5.91 Å². The predicted octanol–water partition coefficient (Wildman–Crippen LogP) is 3.67. The van der Waals surface area contributed by atoms with Gasteiger partial charge < -0.3 is 19.7 Å². The Labute approximate surface area is 188 Å². The van der Waals surface area contributed by atoms with E-state index in [4.69, 9.17) is 14.5 Å². The van der Waals surface area contributed by atoms with Crippen molar-refractivity contribution in [1.82, 2.24) is 15.3 Å². The Kier molecular flexibility index (Phi) is 9.12. The van der Waals surface area contributed by atoms with Crippen LogP contribution in [0.5, 0.6) is 0 Å². The molecule has 0 saturated carbocycles. The molecular weight excluding hydrogens is 412 g/mol. The van der Waals surface area contributed by atoms with Crippen LogP contribution < -0.4 is 10.2 Å². The van der Waals surface area contributed by atoms with Gasteiger partial charge in [0, 0.05) is 50.7 Å². The maximum absolute atomic E-state index is 12.5. The van der Waals surface area contributed by atoms with E-state index in [0.717, 1.165) is 49.6 Å². The number of nitrogens with zero attached hydrogens (tertiary/aromatic N) is 3. The first-order valence-corrected chi connectivity index (χ1v) is 11.8. The van der Waals surface area contributed by atoms with Crippen LogP contribution in [0.4, 0.5) is 5.82 Å². The Morgan fingerprint density at radius 3 is 2.84 bits per heavy atom. The number of thioether (sulfide) groups is 1. The summed E-state index contributed by atoms with van der Waals surface area (Å²) in [5.41, 5.74) is 2.58. The molecule has 0 radical (unpaired) electrons. The van der Waals surface area contributed by atoms with Gasteiger partial charge in [0.05, 0.1) is 18.4 Å². The topological polar surface area (TPSA) is 76.6 Å². The molecule has 0 spiro atoms. The van der Waals surface area contributed by atoms with Gasteiger partial charge in [-0.1, -0.05) is 23.9 Å². The molecule has 1 aliphatic rings. The summed E-state index contributed by atoms with van der Waals surface area (Å²) in [6, 6.07) is 9.70. The van der Waals surface area contributed by atoms with Crippen LogP contribution in [0.3, 0.4) is 0 Å². The van der Waals surface area contributed by atoms with Crippen molar-refractivity contribution in [2.45, 2.75) is 50.3 Å². The highest BCUT2D eigenvalue weighted by molar-refractivity contribution is 7.98. The fourth-order valence-electron chi connectivity index (χ4n) is 3.52. The molecule has 2 heterocycles. The summed E-state index contributed by atoms with van der Waals surface area (Å²) < 4.78 is 10.9. The summed E-state index contributed by atoms with van der Waals surface area (Å²) in [5.74, 6) is 1.53. The summed E-state index contributed by atoms with van der Waals surface area (Å²) in [4.78, 5) is 24.1. The zero-order chi connectivity index (χ0) is 22.1. The number of hydrogen-bond acceptors (Lipinski definition) is 7. The van der Waals surface area contributed by atoms with Crippen LogP contribution in [0.25, 0.3) is 0 Å². The Morgan fingerprint density at radius 2 is 2.13 bits per heavy atom. The molecule has 1 aromatic carbocycles. The van der Waals surface area contributed by atoms with E-state index in [1.807, 2.05) is 30.3 Å². The molecule has 1 aliphatic heterocycles. The molecule has 1 aromatic heterocycles. The molecule has 1 saturated heterocycles. The van der Waals surface area contributed by atoms with Gasteiger partial charge in [-0.3, -0.25) is 4.79 Å². The van der Waals surface area contributed by atoms with E-state index in [-0.39, 0.29) is 12.0 Å². The summed E-state index contributed by atoms with van der Waals surface area (Å²) >= 11 is 1.56. The highest BCUT2D eigenvalue weighted by Gasteiger charge is 2.17. The second-order valence-electron chi connectivity index (χ2n) is 7.44. The maximum atomic E-state index is 12.5. The Morgan fingerprint density at radius 1 is 1.29 bits per heavy atom. The third-order valence-corrected chi connectivity index (χ3v) is 6.11. The maximum Gasteiger partial charge on any atom is 0.251 e. The summed E-state index contributed by atoms with van der Waals surface area (Å²) in [5, 5.41) is 3.69. The third-order valence-electron chi connectivity index (χ3n) is 5.20. The van der Waals surface area contributed by atoms with Crippen molar-refractivity contribution >= 4 is 23.5 Å². The number of hydrogen-bond donors (Lipinski definition) is 1. The van der Waals surface area contributed by atoms with Crippen molar-refractivity contribution in [2.75, 3.05) is 38.3 Å². The van der Waals surface area contributed by atoms with Crippen LogP contribution >= 0.6 is 11.8 Å². The molecule has 3 rings (SSSR count). The average molecular weight is 445 g/mol. The van der Waals surface area contributed by atoms with Gasteiger partial charge in [0.15, 0.2) is 5.16 Å². The van der Waals surface area contributed by atoms with Crippen molar-refractivity contribution in [2.24, 2.45) is 0 Å². The van der Waals surface area contributed by atoms with Crippen molar-refractivity contribution in [1.29, 1.82) is 0 Å². The first-order chi connectivity index (χ1) is 15.1. The number of carbonyl (C=O) groups is 1. The van der Waals surface area contributed by atoms with Gasteiger partial charge in [-0.15, -0.1) is 0 Å². The zero-order valence-electron chi connectivity index (χ0n) is 18.6. The number of nitrogens with one attached hydrogen (secondary N) is 1. The van der Waals surface area contributed by atoms with Crippen LogP contribution in [0, 0.1) is 0 Å². The fraction of sp³-hybridized carbons (Fsp3) is 0.522. The standard InChI is InChI=1S/C23H32N4O3S/c1-4-27(5-2)21-13-19(15-29-3)25-23(26-21)31-16-17-8-6-9-18(12-17)22(28)24-14-20-10-7-11-30-20/h6,8-9,12-13,20H,4-5,7,10-11,14-16H2,1-3H3,(H,24,28)/t20-/m0/s1. The lowest BCUT2D eigenvalue weighted by atomic mass is 10.1. The molecule has 1 atom stereocenters. The number of ether oxygens (including phenoxy) is 2. The zero-order valence-corrected chi connectivity index (χ0v) is 19.4. The molecule has 0 aliphatic carbocycles. The molecule has 1 N–H and O–H groups in total. The minimum absolute atomic E-state index is 0.0653. The van der Waals surface area contributed by atoms with Gasteiger partial charge in [-0.25, -0.2) is 9.97 Å². The average Bonchev–Trinajstić information content (AvgIpc) is 3.31. The quantitative estimate of drug-likeness (QED) is 0.419. The van der Waals surface area contributed by atoms with Crippen LogP contribution in [0.15, 0.2) is 35.5 Å². The fourth-order valence-corrected chi connectivity index (χ4v) is 4.33. The highest BCUT2D eigenvalue weighted by Crippen LogP contribution is 2.24. The largest absolute Gasteiger partial charge is 0.378 e. The Bertz CT molecular complexity index is 854. The summed E-state index contributed by atoms with van der Waals surface area (Å²) in [6.45, 7) is 7.79. The number of amides is 1. The molecule has 1 amide bonds. The van der Waals surface area contributed by atoms with Crippen molar-refractivity contribution < 1.29 is 14.3 Å². The molecule has 0 unspecified atom stereocenters. The van der Waals surface area contributed by atoms with Crippen LogP contribution in [0.2, 0.25) is 0 Å². The number of rotatable bonds is 11.